The minimum atomic E-state index is -0.868. The van der Waals surface area contributed by atoms with Crippen LogP contribution in [0, 0.1) is 0 Å². The molecule has 1 fully saturated rings. The number of amides is 1. The Morgan fingerprint density at radius 3 is 2.55 bits per heavy atom. The molecule has 2 heterocycles. The highest BCUT2D eigenvalue weighted by molar-refractivity contribution is 9.10. The predicted octanol–water partition coefficient (Wildman–Crippen LogP) is 2.57. The van der Waals surface area contributed by atoms with Gasteiger partial charge >= 0.3 is 6.09 Å². The Labute approximate surface area is 138 Å². The number of nitrogen functional groups attached to an aromatic ring is 1. The molecule has 7 nitrogen and oxygen atoms in total. The van der Waals surface area contributed by atoms with Crippen molar-refractivity contribution in [2.45, 2.75) is 45.2 Å². The van der Waals surface area contributed by atoms with Gasteiger partial charge in [-0.05, 0) is 49.5 Å². The quantitative estimate of drug-likeness (QED) is 0.829. The van der Waals surface area contributed by atoms with E-state index >= 15 is 0 Å². The lowest BCUT2D eigenvalue weighted by Crippen LogP contribution is -2.54. The maximum absolute atomic E-state index is 11.6. The molecule has 1 aliphatic rings. The smallest absolute Gasteiger partial charge is 0.407 e. The number of nitrogens with two attached hydrogens (primary N) is 1. The number of hydrogen-bond acceptors (Lipinski definition) is 5. The highest BCUT2D eigenvalue weighted by Gasteiger charge is 2.35. The van der Waals surface area contributed by atoms with Crippen molar-refractivity contribution < 1.29 is 9.90 Å². The van der Waals surface area contributed by atoms with Gasteiger partial charge in [-0.15, -0.1) is 0 Å². The lowest BCUT2D eigenvalue weighted by atomic mass is 9.97. The van der Waals surface area contributed by atoms with Crippen LogP contribution in [0.1, 0.15) is 33.6 Å². The summed E-state index contributed by atoms with van der Waals surface area (Å²) in [7, 11) is 0. The molecule has 2 rings (SSSR count). The lowest BCUT2D eigenvalue weighted by molar-refractivity contribution is 0.0616. The summed E-state index contributed by atoms with van der Waals surface area (Å²) >= 11 is 3.30. The van der Waals surface area contributed by atoms with Crippen LogP contribution < -0.4 is 10.6 Å². The second-order valence-electron chi connectivity index (χ2n) is 6.44. The molecule has 22 heavy (non-hydrogen) atoms. The standard InChI is InChI=1S/C14H22BrN5O2/c1-14(2,3)20(13(21)22)9-4-6-19(7-5-9)12-11(16)17-8-10(15)18-12/h8-9H,4-7H2,1-3H3,(H2,16,17)(H,21,22). The van der Waals surface area contributed by atoms with Gasteiger partial charge in [0.15, 0.2) is 11.6 Å². The molecule has 122 valence electrons. The van der Waals surface area contributed by atoms with Gasteiger partial charge in [0.2, 0.25) is 0 Å². The highest BCUT2D eigenvalue weighted by Crippen LogP contribution is 2.28. The molecule has 0 atom stereocenters. The van der Waals surface area contributed by atoms with E-state index in [1.165, 1.54) is 0 Å². The second-order valence-corrected chi connectivity index (χ2v) is 7.26. The van der Waals surface area contributed by atoms with Crippen LogP contribution in [0.15, 0.2) is 10.8 Å². The summed E-state index contributed by atoms with van der Waals surface area (Å²) in [5.41, 5.74) is 5.48. The number of halogens is 1. The topological polar surface area (TPSA) is 95.6 Å². The summed E-state index contributed by atoms with van der Waals surface area (Å²) in [6.07, 6.45) is 2.19. The highest BCUT2D eigenvalue weighted by atomic mass is 79.9. The van der Waals surface area contributed by atoms with Gasteiger partial charge in [-0.2, -0.15) is 0 Å². The van der Waals surface area contributed by atoms with Gasteiger partial charge in [0, 0.05) is 24.7 Å². The van der Waals surface area contributed by atoms with Crippen molar-refractivity contribution in [3.05, 3.63) is 10.8 Å². The number of carboxylic acid groups (broad SMARTS) is 1. The molecular weight excluding hydrogens is 350 g/mol. The van der Waals surface area contributed by atoms with E-state index in [0.29, 0.717) is 29.3 Å². The third kappa shape index (κ3) is 3.60. The molecule has 0 unspecified atom stereocenters. The maximum Gasteiger partial charge on any atom is 0.407 e. The van der Waals surface area contributed by atoms with Gasteiger partial charge in [-0.1, -0.05) is 0 Å². The zero-order valence-corrected chi connectivity index (χ0v) is 14.7. The van der Waals surface area contributed by atoms with Crippen molar-refractivity contribution in [1.82, 2.24) is 14.9 Å². The number of rotatable bonds is 2. The van der Waals surface area contributed by atoms with E-state index < -0.39 is 11.6 Å². The average molecular weight is 372 g/mol. The van der Waals surface area contributed by atoms with Gasteiger partial charge in [-0.3, -0.25) is 0 Å². The maximum atomic E-state index is 11.6. The van der Waals surface area contributed by atoms with Gasteiger partial charge in [0.1, 0.15) is 4.60 Å². The van der Waals surface area contributed by atoms with Crippen LogP contribution in [0.5, 0.6) is 0 Å². The van der Waals surface area contributed by atoms with E-state index in [9.17, 15) is 9.90 Å². The van der Waals surface area contributed by atoms with Gasteiger partial charge < -0.3 is 20.6 Å². The van der Waals surface area contributed by atoms with Crippen LogP contribution in [-0.2, 0) is 0 Å². The minimum absolute atomic E-state index is 0.00934. The molecule has 1 aliphatic heterocycles. The monoisotopic (exact) mass is 371 g/mol. The Bertz CT molecular complexity index is 553. The fourth-order valence-corrected chi connectivity index (χ4v) is 3.20. The van der Waals surface area contributed by atoms with E-state index in [2.05, 4.69) is 30.8 Å². The van der Waals surface area contributed by atoms with E-state index in [1.807, 2.05) is 20.8 Å². The largest absolute Gasteiger partial charge is 0.465 e. The van der Waals surface area contributed by atoms with Crippen molar-refractivity contribution in [2.24, 2.45) is 0 Å². The fraction of sp³-hybridized carbons (Fsp3) is 0.643. The zero-order valence-electron chi connectivity index (χ0n) is 13.1. The van der Waals surface area contributed by atoms with E-state index in [0.717, 1.165) is 12.8 Å². The van der Waals surface area contributed by atoms with Crippen LogP contribution in [0.2, 0.25) is 0 Å². The Morgan fingerprint density at radius 2 is 2.05 bits per heavy atom. The molecule has 0 aliphatic carbocycles. The number of hydrogen-bond donors (Lipinski definition) is 2. The molecule has 0 saturated carbocycles. The number of carbonyl (C=O) groups is 1. The minimum Gasteiger partial charge on any atom is -0.465 e. The van der Waals surface area contributed by atoms with Crippen molar-refractivity contribution in [1.29, 1.82) is 0 Å². The lowest BCUT2D eigenvalue weighted by Gasteiger charge is -2.43. The first-order valence-corrected chi connectivity index (χ1v) is 8.04. The summed E-state index contributed by atoms with van der Waals surface area (Å²) < 4.78 is 0.640. The Morgan fingerprint density at radius 1 is 1.45 bits per heavy atom. The van der Waals surface area contributed by atoms with Crippen LogP contribution in [0.3, 0.4) is 0 Å². The van der Waals surface area contributed by atoms with E-state index in [-0.39, 0.29) is 6.04 Å². The molecule has 1 aromatic heterocycles. The summed E-state index contributed by atoms with van der Waals surface area (Å²) in [4.78, 5) is 23.7. The molecule has 1 aromatic rings. The second kappa shape index (κ2) is 6.28. The molecule has 0 aromatic carbocycles. The number of piperidine rings is 1. The van der Waals surface area contributed by atoms with Gasteiger partial charge in [0.05, 0.1) is 6.20 Å². The van der Waals surface area contributed by atoms with Gasteiger partial charge in [-0.25, -0.2) is 14.8 Å². The molecule has 0 spiro atoms. The fourth-order valence-electron chi connectivity index (χ4n) is 2.93. The molecule has 3 N–H and O–H groups in total. The van der Waals surface area contributed by atoms with Gasteiger partial charge in [0.25, 0.3) is 0 Å². The van der Waals surface area contributed by atoms with Crippen LogP contribution >= 0.6 is 15.9 Å². The van der Waals surface area contributed by atoms with Crippen LogP contribution in [0.25, 0.3) is 0 Å². The number of nitrogens with zero attached hydrogens (tertiary/aromatic N) is 4. The van der Waals surface area contributed by atoms with Crippen molar-refractivity contribution in [3.8, 4) is 0 Å². The van der Waals surface area contributed by atoms with Crippen LogP contribution in [0.4, 0.5) is 16.4 Å². The summed E-state index contributed by atoms with van der Waals surface area (Å²) in [5.74, 6) is 1.05. The summed E-state index contributed by atoms with van der Waals surface area (Å²) in [6.45, 7) is 7.18. The summed E-state index contributed by atoms with van der Waals surface area (Å²) in [5, 5.41) is 9.49. The van der Waals surface area contributed by atoms with Crippen molar-refractivity contribution in [3.63, 3.8) is 0 Å². The first kappa shape index (κ1) is 16.8. The SMILES string of the molecule is CC(C)(C)N(C(=O)O)C1CCN(c2nc(Br)cnc2N)CC1. The Kier molecular flexibility index (Phi) is 4.79. The molecule has 0 radical (unpaired) electrons. The molecule has 0 bridgehead atoms. The normalized spacial score (nSPS) is 16.6. The van der Waals surface area contributed by atoms with E-state index in [4.69, 9.17) is 5.73 Å². The molecule has 8 heteroatoms. The Balaban J connectivity index is 2.09. The Hall–Kier alpha value is -1.57. The number of aromatic nitrogens is 2. The molecular formula is C14H22BrN5O2. The van der Waals surface area contributed by atoms with Crippen molar-refractivity contribution in [2.75, 3.05) is 23.7 Å². The first-order valence-electron chi connectivity index (χ1n) is 7.25. The molecule has 1 amide bonds. The summed E-state index contributed by atoms with van der Waals surface area (Å²) in [6, 6.07) is 0.00934. The third-order valence-corrected chi connectivity index (χ3v) is 4.19. The first-order chi connectivity index (χ1) is 10.2. The average Bonchev–Trinajstić information content (AvgIpc) is 2.40. The van der Waals surface area contributed by atoms with Crippen LogP contribution in [-0.4, -0.2) is 50.7 Å². The predicted molar refractivity (Wildman–Crippen MR) is 89.0 cm³/mol. The third-order valence-electron chi connectivity index (χ3n) is 3.81. The molecule has 1 saturated heterocycles. The van der Waals surface area contributed by atoms with Crippen molar-refractivity contribution >= 4 is 33.7 Å². The zero-order chi connectivity index (χ0) is 16.5. The van der Waals surface area contributed by atoms with E-state index in [1.54, 1.807) is 11.1 Å². The number of anilines is 2.